The smallest absolute Gasteiger partial charge is 0.243 e. The Morgan fingerprint density at radius 3 is 2.43 bits per heavy atom. The van der Waals surface area contributed by atoms with Crippen LogP contribution in [0.5, 0.6) is 0 Å². The molecule has 6 heteroatoms. The Kier molecular flexibility index (Phi) is 4.47. The van der Waals surface area contributed by atoms with Crippen molar-refractivity contribution >= 4 is 15.9 Å². The second kappa shape index (κ2) is 6.24. The molecular formula is C17H24N2O3S. The number of nitrogens with one attached hydrogen (secondary N) is 1. The number of hydrogen-bond donors (Lipinski definition) is 1. The summed E-state index contributed by atoms with van der Waals surface area (Å²) in [7, 11) is -2.00. The van der Waals surface area contributed by atoms with Gasteiger partial charge in [-0.2, -0.15) is 4.31 Å². The van der Waals surface area contributed by atoms with Gasteiger partial charge in [0.1, 0.15) is 6.04 Å². The lowest BCUT2D eigenvalue weighted by Crippen LogP contribution is -2.46. The van der Waals surface area contributed by atoms with Gasteiger partial charge in [-0.05, 0) is 36.7 Å². The first-order chi connectivity index (χ1) is 10.9. The lowest BCUT2D eigenvalue weighted by molar-refractivity contribution is -0.125. The van der Waals surface area contributed by atoms with Crippen LogP contribution in [0.4, 0.5) is 0 Å². The van der Waals surface area contributed by atoms with Gasteiger partial charge in [0.15, 0.2) is 0 Å². The summed E-state index contributed by atoms with van der Waals surface area (Å²) >= 11 is 0. The van der Waals surface area contributed by atoms with Gasteiger partial charge in [0.2, 0.25) is 15.9 Å². The third-order valence-electron chi connectivity index (χ3n) is 5.32. The first-order valence-electron chi connectivity index (χ1n) is 8.14. The van der Waals surface area contributed by atoms with E-state index in [1.807, 2.05) is 18.2 Å². The van der Waals surface area contributed by atoms with E-state index >= 15 is 0 Å². The normalized spacial score (nSPS) is 28.0. The number of fused-ring (bicyclic) bond motifs is 2. The number of sulfonamides is 1. The van der Waals surface area contributed by atoms with E-state index in [1.54, 1.807) is 12.1 Å². The van der Waals surface area contributed by atoms with Crippen molar-refractivity contribution in [2.75, 3.05) is 13.3 Å². The zero-order valence-electron chi connectivity index (χ0n) is 13.6. The molecule has 2 aliphatic carbocycles. The number of rotatable bonds is 5. The van der Waals surface area contributed by atoms with Gasteiger partial charge in [0.25, 0.3) is 0 Å². The van der Waals surface area contributed by atoms with Crippen molar-refractivity contribution in [3.05, 3.63) is 35.9 Å². The molecular weight excluding hydrogens is 312 g/mol. The molecule has 126 valence electrons. The van der Waals surface area contributed by atoms with Crippen molar-refractivity contribution in [1.29, 1.82) is 0 Å². The Labute approximate surface area is 138 Å². The first-order valence-corrected chi connectivity index (χ1v) is 9.99. The number of nitrogens with zero attached hydrogens (tertiary/aromatic N) is 1. The predicted octanol–water partition coefficient (Wildman–Crippen LogP) is 1.92. The van der Waals surface area contributed by atoms with Crippen molar-refractivity contribution in [3.63, 3.8) is 0 Å². The van der Waals surface area contributed by atoms with Gasteiger partial charge in [-0.3, -0.25) is 4.79 Å². The van der Waals surface area contributed by atoms with Crippen LogP contribution in [0, 0.1) is 11.8 Å². The third-order valence-corrected chi connectivity index (χ3v) is 6.57. The van der Waals surface area contributed by atoms with Crippen molar-refractivity contribution in [2.24, 2.45) is 11.8 Å². The van der Waals surface area contributed by atoms with Crippen LogP contribution >= 0.6 is 0 Å². The Morgan fingerprint density at radius 2 is 1.91 bits per heavy atom. The molecule has 0 saturated heterocycles. The number of carbonyl (C=O) groups is 1. The predicted molar refractivity (Wildman–Crippen MR) is 89.2 cm³/mol. The highest BCUT2D eigenvalue weighted by Crippen LogP contribution is 2.44. The van der Waals surface area contributed by atoms with Gasteiger partial charge in [-0.15, -0.1) is 0 Å². The quantitative estimate of drug-likeness (QED) is 0.893. The van der Waals surface area contributed by atoms with Crippen LogP contribution < -0.4 is 5.32 Å². The molecule has 3 rings (SSSR count). The molecule has 0 spiro atoms. The molecule has 0 radical (unpaired) electrons. The average Bonchev–Trinajstić information content (AvgIpc) is 3.10. The summed E-state index contributed by atoms with van der Waals surface area (Å²) in [5, 5.41) is 3.12. The topological polar surface area (TPSA) is 66.5 Å². The highest BCUT2D eigenvalue weighted by atomic mass is 32.2. The Hall–Kier alpha value is -1.40. The van der Waals surface area contributed by atoms with Gasteiger partial charge in [0, 0.05) is 13.1 Å². The molecule has 2 aliphatic rings. The van der Waals surface area contributed by atoms with Crippen LogP contribution in [-0.4, -0.2) is 38.0 Å². The monoisotopic (exact) mass is 336 g/mol. The maximum atomic E-state index is 12.8. The van der Waals surface area contributed by atoms with E-state index < -0.39 is 16.1 Å². The molecule has 5 nitrogen and oxygen atoms in total. The molecule has 2 fully saturated rings. The van der Waals surface area contributed by atoms with E-state index in [0.717, 1.165) is 22.9 Å². The maximum Gasteiger partial charge on any atom is 0.243 e. The molecule has 2 bridgehead atoms. The molecule has 1 N–H and O–H groups in total. The highest BCUT2D eigenvalue weighted by Gasteiger charge is 2.41. The molecule has 23 heavy (non-hydrogen) atoms. The number of hydrogen-bond acceptors (Lipinski definition) is 3. The minimum Gasteiger partial charge on any atom is -0.351 e. The van der Waals surface area contributed by atoms with Crippen molar-refractivity contribution in [1.82, 2.24) is 9.62 Å². The fraction of sp³-hybridized carbons (Fsp3) is 0.588. The van der Waals surface area contributed by atoms with Gasteiger partial charge in [-0.25, -0.2) is 8.42 Å². The summed E-state index contributed by atoms with van der Waals surface area (Å²) in [6.45, 7) is 0. The van der Waals surface area contributed by atoms with Gasteiger partial charge in [0.05, 0.1) is 6.26 Å². The van der Waals surface area contributed by atoms with Crippen LogP contribution in [0.25, 0.3) is 0 Å². The SMILES string of the molecule is CN(C(C(=O)NC1CC2CCC1C2)c1ccccc1)S(C)(=O)=O. The largest absolute Gasteiger partial charge is 0.351 e. The third kappa shape index (κ3) is 3.43. The minimum atomic E-state index is -3.47. The van der Waals surface area contributed by atoms with E-state index in [1.165, 1.54) is 26.3 Å². The number of carbonyl (C=O) groups excluding carboxylic acids is 1. The summed E-state index contributed by atoms with van der Waals surface area (Å²) in [6, 6.07) is 8.48. The Balaban J connectivity index is 1.81. The van der Waals surface area contributed by atoms with E-state index in [4.69, 9.17) is 0 Å². The van der Waals surface area contributed by atoms with E-state index in [-0.39, 0.29) is 11.9 Å². The first kappa shape index (κ1) is 16.5. The summed E-state index contributed by atoms with van der Waals surface area (Å²) in [5.41, 5.74) is 0.695. The summed E-state index contributed by atoms with van der Waals surface area (Å²) in [5.74, 6) is 1.07. The summed E-state index contributed by atoms with van der Waals surface area (Å²) < 4.78 is 25.1. The molecule has 1 aromatic carbocycles. The molecule has 0 heterocycles. The van der Waals surface area contributed by atoms with Crippen molar-refractivity contribution in [2.45, 2.75) is 37.8 Å². The van der Waals surface area contributed by atoms with Crippen LogP contribution in [0.1, 0.15) is 37.3 Å². The van der Waals surface area contributed by atoms with E-state index in [9.17, 15) is 13.2 Å². The molecule has 1 aromatic rings. The Bertz CT molecular complexity index is 674. The number of amides is 1. The maximum absolute atomic E-state index is 12.8. The molecule has 2 saturated carbocycles. The highest BCUT2D eigenvalue weighted by molar-refractivity contribution is 7.88. The minimum absolute atomic E-state index is 0.195. The van der Waals surface area contributed by atoms with E-state index in [2.05, 4.69) is 5.32 Å². The lowest BCUT2D eigenvalue weighted by atomic mass is 9.94. The number of benzene rings is 1. The molecule has 4 unspecified atom stereocenters. The molecule has 0 aromatic heterocycles. The molecule has 4 atom stereocenters. The van der Waals surface area contributed by atoms with Gasteiger partial charge >= 0.3 is 0 Å². The fourth-order valence-corrected chi connectivity index (χ4v) is 4.64. The second-order valence-electron chi connectivity index (χ2n) is 6.88. The Morgan fingerprint density at radius 1 is 1.22 bits per heavy atom. The van der Waals surface area contributed by atoms with Crippen LogP contribution in [0.15, 0.2) is 30.3 Å². The second-order valence-corrected chi connectivity index (χ2v) is 8.92. The summed E-state index contributed by atoms with van der Waals surface area (Å²) in [4.78, 5) is 12.8. The molecule has 1 amide bonds. The molecule has 0 aliphatic heterocycles. The fourth-order valence-electron chi connectivity index (χ4n) is 4.04. The summed E-state index contributed by atoms with van der Waals surface area (Å²) in [6.07, 6.45) is 5.80. The van der Waals surface area contributed by atoms with Crippen molar-refractivity contribution < 1.29 is 13.2 Å². The van der Waals surface area contributed by atoms with Crippen LogP contribution in [0.3, 0.4) is 0 Å². The van der Waals surface area contributed by atoms with Crippen molar-refractivity contribution in [3.8, 4) is 0 Å². The van der Waals surface area contributed by atoms with Gasteiger partial charge < -0.3 is 5.32 Å². The standard InChI is InChI=1S/C17H24N2O3S/c1-19(23(2,21)22)16(13-6-4-3-5-7-13)17(20)18-15-11-12-8-9-14(15)10-12/h3-7,12,14-16H,8-11H2,1-2H3,(H,18,20). The lowest BCUT2D eigenvalue weighted by Gasteiger charge is -2.29. The zero-order chi connectivity index (χ0) is 16.6. The van der Waals surface area contributed by atoms with Crippen LogP contribution in [-0.2, 0) is 14.8 Å². The van der Waals surface area contributed by atoms with Crippen LogP contribution in [0.2, 0.25) is 0 Å². The van der Waals surface area contributed by atoms with E-state index in [0.29, 0.717) is 11.5 Å². The van der Waals surface area contributed by atoms with Gasteiger partial charge in [-0.1, -0.05) is 36.8 Å². The zero-order valence-corrected chi connectivity index (χ0v) is 14.4. The number of likely N-dealkylation sites (N-methyl/N-ethyl adjacent to an activating group) is 1. The average molecular weight is 336 g/mol.